The van der Waals surface area contributed by atoms with E-state index < -0.39 is 6.16 Å². The third kappa shape index (κ3) is 4.89. The van der Waals surface area contributed by atoms with Crippen LogP contribution < -0.4 is 9.47 Å². The van der Waals surface area contributed by atoms with Crippen molar-refractivity contribution in [2.45, 2.75) is 6.92 Å². The number of amides is 2. The molecule has 8 nitrogen and oxygen atoms in total. The number of carbonyl (C=O) groups is 3. The number of ether oxygens (including phenoxy) is 3. The lowest BCUT2D eigenvalue weighted by atomic mass is 10.1. The van der Waals surface area contributed by atoms with E-state index in [9.17, 15) is 14.4 Å². The van der Waals surface area contributed by atoms with Gasteiger partial charge in [0.2, 0.25) is 0 Å². The summed E-state index contributed by atoms with van der Waals surface area (Å²) in [5, 5.41) is 0. The fourth-order valence-electron chi connectivity index (χ4n) is 3.20. The van der Waals surface area contributed by atoms with Gasteiger partial charge in [-0.3, -0.25) is 9.59 Å². The first-order valence-electron chi connectivity index (χ1n) is 9.69. The fourth-order valence-corrected chi connectivity index (χ4v) is 3.20. The second kappa shape index (κ2) is 9.78. The van der Waals surface area contributed by atoms with Crippen LogP contribution in [0.5, 0.6) is 11.5 Å². The number of benzene rings is 2. The van der Waals surface area contributed by atoms with Crippen LogP contribution in [0.3, 0.4) is 0 Å². The average molecular weight is 412 g/mol. The van der Waals surface area contributed by atoms with Crippen LogP contribution in [0.1, 0.15) is 27.6 Å². The van der Waals surface area contributed by atoms with Gasteiger partial charge in [-0.05, 0) is 43.3 Å². The predicted octanol–water partition coefficient (Wildman–Crippen LogP) is 2.83. The minimum atomic E-state index is -0.785. The van der Waals surface area contributed by atoms with E-state index in [1.807, 2.05) is 6.07 Å². The highest BCUT2D eigenvalue weighted by Gasteiger charge is 2.26. The van der Waals surface area contributed by atoms with Crippen LogP contribution >= 0.6 is 0 Å². The molecule has 2 amide bonds. The summed E-state index contributed by atoms with van der Waals surface area (Å²) < 4.78 is 15.0. The molecule has 1 fully saturated rings. The van der Waals surface area contributed by atoms with Crippen LogP contribution in [0.4, 0.5) is 4.79 Å². The van der Waals surface area contributed by atoms with Crippen molar-refractivity contribution in [3.8, 4) is 11.5 Å². The van der Waals surface area contributed by atoms with Crippen LogP contribution in [0.15, 0.2) is 48.5 Å². The van der Waals surface area contributed by atoms with E-state index in [1.54, 1.807) is 59.2 Å². The van der Waals surface area contributed by atoms with Gasteiger partial charge in [0.25, 0.3) is 11.8 Å². The Morgan fingerprint density at radius 1 is 0.867 bits per heavy atom. The van der Waals surface area contributed by atoms with Crippen LogP contribution in [0.25, 0.3) is 0 Å². The number of piperazine rings is 1. The van der Waals surface area contributed by atoms with Gasteiger partial charge in [-0.15, -0.1) is 0 Å². The van der Waals surface area contributed by atoms with Gasteiger partial charge in [-0.1, -0.05) is 12.1 Å². The van der Waals surface area contributed by atoms with E-state index >= 15 is 0 Å². The second-order valence-corrected chi connectivity index (χ2v) is 6.59. The van der Waals surface area contributed by atoms with Crippen molar-refractivity contribution < 1.29 is 28.6 Å². The minimum absolute atomic E-state index is 0.111. The Morgan fingerprint density at radius 3 is 2.07 bits per heavy atom. The first kappa shape index (κ1) is 21.2. The monoisotopic (exact) mass is 412 g/mol. The topological polar surface area (TPSA) is 85.4 Å². The fraction of sp³-hybridized carbons (Fsp3) is 0.318. The summed E-state index contributed by atoms with van der Waals surface area (Å²) in [5.74, 6) is 0.588. The summed E-state index contributed by atoms with van der Waals surface area (Å²) in [4.78, 5) is 40.3. The molecule has 0 N–H and O–H groups in total. The van der Waals surface area contributed by atoms with Gasteiger partial charge in [-0.25, -0.2) is 4.79 Å². The summed E-state index contributed by atoms with van der Waals surface area (Å²) >= 11 is 0. The smallest absolute Gasteiger partial charge is 0.496 e. The summed E-state index contributed by atoms with van der Waals surface area (Å²) in [6, 6.07) is 13.4. The Hall–Kier alpha value is -3.55. The minimum Gasteiger partial charge on any atom is -0.496 e. The van der Waals surface area contributed by atoms with Crippen LogP contribution in [0, 0.1) is 0 Å². The molecule has 8 heteroatoms. The highest BCUT2D eigenvalue weighted by atomic mass is 16.7. The molecule has 0 aromatic heterocycles. The molecule has 1 heterocycles. The average Bonchev–Trinajstić information content (AvgIpc) is 2.79. The van der Waals surface area contributed by atoms with E-state index in [4.69, 9.17) is 14.2 Å². The molecule has 0 unspecified atom stereocenters. The zero-order chi connectivity index (χ0) is 21.5. The molecule has 0 bridgehead atoms. The van der Waals surface area contributed by atoms with Crippen molar-refractivity contribution in [1.82, 2.24) is 9.80 Å². The SMILES string of the molecule is CCOC(=O)Oc1ccc(C(=O)N2CCN(C(=O)c3ccccc3OC)CC2)cc1. The van der Waals surface area contributed by atoms with Gasteiger partial charge >= 0.3 is 6.16 Å². The molecule has 30 heavy (non-hydrogen) atoms. The molecule has 2 aromatic rings. The van der Waals surface area contributed by atoms with Gasteiger partial charge in [0.1, 0.15) is 11.5 Å². The third-order valence-corrected chi connectivity index (χ3v) is 4.76. The van der Waals surface area contributed by atoms with E-state index in [1.165, 1.54) is 7.11 Å². The van der Waals surface area contributed by atoms with Gasteiger partial charge in [0, 0.05) is 31.7 Å². The Kier molecular flexibility index (Phi) is 6.90. The Balaban J connectivity index is 1.57. The largest absolute Gasteiger partial charge is 0.513 e. The molecule has 2 aromatic carbocycles. The predicted molar refractivity (Wildman–Crippen MR) is 109 cm³/mol. The molecule has 0 spiro atoms. The maximum Gasteiger partial charge on any atom is 0.513 e. The van der Waals surface area contributed by atoms with Crippen LogP contribution in [-0.4, -0.2) is 67.7 Å². The van der Waals surface area contributed by atoms with Crippen molar-refractivity contribution in [3.63, 3.8) is 0 Å². The van der Waals surface area contributed by atoms with E-state index in [-0.39, 0.29) is 18.4 Å². The molecule has 158 valence electrons. The van der Waals surface area contributed by atoms with Gasteiger partial charge in [0.15, 0.2) is 0 Å². The number of rotatable bonds is 5. The lowest BCUT2D eigenvalue weighted by Crippen LogP contribution is -2.50. The Morgan fingerprint density at radius 2 is 1.47 bits per heavy atom. The molecule has 0 atom stereocenters. The lowest BCUT2D eigenvalue weighted by molar-refractivity contribution is 0.0533. The van der Waals surface area contributed by atoms with Crippen LogP contribution in [0.2, 0.25) is 0 Å². The number of nitrogens with zero attached hydrogens (tertiary/aromatic N) is 2. The number of hydrogen-bond donors (Lipinski definition) is 0. The molecule has 1 saturated heterocycles. The van der Waals surface area contributed by atoms with E-state index in [0.29, 0.717) is 48.8 Å². The van der Waals surface area contributed by atoms with Crippen molar-refractivity contribution in [3.05, 3.63) is 59.7 Å². The Bertz CT molecular complexity index is 904. The molecule has 0 aliphatic carbocycles. The maximum atomic E-state index is 12.8. The summed E-state index contributed by atoms with van der Waals surface area (Å²) in [5.41, 5.74) is 0.993. The summed E-state index contributed by atoms with van der Waals surface area (Å²) in [6.07, 6.45) is -0.785. The summed E-state index contributed by atoms with van der Waals surface area (Å²) in [7, 11) is 1.53. The van der Waals surface area contributed by atoms with Gasteiger partial charge in [0.05, 0.1) is 19.3 Å². The van der Waals surface area contributed by atoms with Crippen LogP contribution in [-0.2, 0) is 4.74 Å². The molecule has 1 aliphatic rings. The Labute approximate surface area is 174 Å². The van der Waals surface area contributed by atoms with Crippen molar-refractivity contribution in [1.29, 1.82) is 0 Å². The zero-order valence-corrected chi connectivity index (χ0v) is 17.0. The lowest BCUT2D eigenvalue weighted by Gasteiger charge is -2.35. The standard InChI is InChI=1S/C22H24N2O6/c1-3-29-22(27)30-17-10-8-16(9-11-17)20(25)23-12-14-24(15-13-23)21(26)18-6-4-5-7-19(18)28-2/h4-11H,3,12-15H2,1-2H3. The zero-order valence-electron chi connectivity index (χ0n) is 17.0. The molecular formula is C22H24N2O6. The van der Waals surface area contributed by atoms with E-state index in [2.05, 4.69) is 0 Å². The highest BCUT2D eigenvalue weighted by molar-refractivity contribution is 5.97. The maximum absolute atomic E-state index is 12.8. The van der Waals surface area contributed by atoms with E-state index in [0.717, 1.165) is 0 Å². The molecule has 0 radical (unpaired) electrons. The third-order valence-electron chi connectivity index (χ3n) is 4.76. The molecule has 0 saturated carbocycles. The normalized spacial score (nSPS) is 13.5. The molecule has 1 aliphatic heterocycles. The number of carbonyl (C=O) groups excluding carboxylic acids is 3. The number of para-hydroxylation sites is 1. The van der Waals surface area contributed by atoms with Crippen molar-refractivity contribution >= 4 is 18.0 Å². The van der Waals surface area contributed by atoms with Crippen molar-refractivity contribution in [2.24, 2.45) is 0 Å². The quantitative estimate of drug-likeness (QED) is 0.555. The highest BCUT2D eigenvalue weighted by Crippen LogP contribution is 2.21. The first-order chi connectivity index (χ1) is 14.5. The van der Waals surface area contributed by atoms with Crippen molar-refractivity contribution in [2.75, 3.05) is 39.9 Å². The second-order valence-electron chi connectivity index (χ2n) is 6.59. The molecular weight excluding hydrogens is 388 g/mol. The molecule has 3 rings (SSSR count). The van der Waals surface area contributed by atoms with Gasteiger partial charge in [-0.2, -0.15) is 0 Å². The summed E-state index contributed by atoms with van der Waals surface area (Å²) in [6.45, 7) is 3.65. The first-order valence-corrected chi connectivity index (χ1v) is 9.69. The van der Waals surface area contributed by atoms with Gasteiger partial charge < -0.3 is 24.0 Å². The number of hydrogen-bond acceptors (Lipinski definition) is 6. The number of methoxy groups -OCH3 is 1.